The maximum atomic E-state index is 13.7. The molecule has 0 radical (unpaired) electrons. The van der Waals surface area contributed by atoms with Crippen LogP contribution in [0, 0.1) is 23.7 Å². The second-order valence-electron chi connectivity index (χ2n) is 8.17. The topological polar surface area (TPSA) is 34.1 Å². The number of carbonyl (C=O) groups excluding carboxylic acids is 2. The summed E-state index contributed by atoms with van der Waals surface area (Å²) < 4.78 is 0. The van der Waals surface area contributed by atoms with Gasteiger partial charge in [-0.05, 0) is 23.0 Å². The van der Waals surface area contributed by atoms with Gasteiger partial charge in [0.25, 0.3) is 0 Å². The van der Waals surface area contributed by atoms with Crippen molar-refractivity contribution in [3.05, 3.63) is 114 Å². The second-order valence-corrected chi connectivity index (χ2v) is 8.17. The Hall–Kier alpha value is -3.26. The van der Waals surface area contributed by atoms with E-state index in [1.165, 1.54) is 0 Å². The van der Waals surface area contributed by atoms with E-state index in [2.05, 4.69) is 32.1 Å². The summed E-state index contributed by atoms with van der Waals surface area (Å²) in [5.41, 5.74) is 3.48. The SMILES string of the molecule is C[C@@H]1[C@@H](C(=O)c2ccccc2)C(c2ccccc2)=C[C@H](C)[C@@H]1C(=O)c1ccccc1. The molecule has 2 nitrogen and oxygen atoms in total. The third-order valence-electron chi connectivity index (χ3n) is 6.25. The number of benzene rings is 3. The molecule has 0 amide bonds. The van der Waals surface area contributed by atoms with Crippen molar-refractivity contribution in [3.63, 3.8) is 0 Å². The molecular formula is C28H26O2. The van der Waals surface area contributed by atoms with E-state index in [9.17, 15) is 9.59 Å². The first-order valence-electron chi connectivity index (χ1n) is 10.5. The summed E-state index contributed by atoms with van der Waals surface area (Å²) in [6, 6.07) is 28.9. The number of hydrogen-bond acceptors (Lipinski definition) is 2. The Labute approximate surface area is 178 Å². The summed E-state index contributed by atoms with van der Waals surface area (Å²) in [6.07, 6.45) is 2.15. The number of ketones is 2. The van der Waals surface area contributed by atoms with Gasteiger partial charge in [0.05, 0.1) is 5.92 Å². The van der Waals surface area contributed by atoms with Crippen molar-refractivity contribution < 1.29 is 9.59 Å². The van der Waals surface area contributed by atoms with Crippen molar-refractivity contribution in [1.82, 2.24) is 0 Å². The Morgan fingerprint density at radius 1 is 0.633 bits per heavy atom. The van der Waals surface area contributed by atoms with Gasteiger partial charge >= 0.3 is 0 Å². The molecule has 0 N–H and O–H groups in total. The number of allylic oxidation sites excluding steroid dienone is 2. The molecule has 150 valence electrons. The van der Waals surface area contributed by atoms with Gasteiger partial charge in [-0.15, -0.1) is 0 Å². The van der Waals surface area contributed by atoms with Gasteiger partial charge in [0, 0.05) is 17.0 Å². The van der Waals surface area contributed by atoms with Crippen LogP contribution in [-0.2, 0) is 0 Å². The van der Waals surface area contributed by atoms with Crippen molar-refractivity contribution in [2.45, 2.75) is 13.8 Å². The number of rotatable bonds is 5. The zero-order chi connectivity index (χ0) is 21.1. The fourth-order valence-electron chi connectivity index (χ4n) is 4.80. The third-order valence-corrected chi connectivity index (χ3v) is 6.25. The molecule has 0 fully saturated rings. The summed E-state index contributed by atoms with van der Waals surface area (Å²) in [7, 11) is 0. The van der Waals surface area contributed by atoms with E-state index >= 15 is 0 Å². The normalized spacial score (nSPS) is 23.5. The summed E-state index contributed by atoms with van der Waals surface area (Å²) >= 11 is 0. The molecule has 0 aromatic heterocycles. The summed E-state index contributed by atoms with van der Waals surface area (Å²) in [4.78, 5) is 27.1. The maximum Gasteiger partial charge on any atom is 0.170 e. The molecule has 1 aliphatic carbocycles. The van der Waals surface area contributed by atoms with Crippen LogP contribution in [0.1, 0.15) is 40.1 Å². The Balaban J connectivity index is 1.80. The highest BCUT2D eigenvalue weighted by molar-refractivity contribution is 6.07. The first-order valence-corrected chi connectivity index (χ1v) is 10.5. The fourth-order valence-corrected chi connectivity index (χ4v) is 4.80. The molecule has 3 aromatic rings. The highest BCUT2D eigenvalue weighted by Crippen LogP contribution is 2.45. The van der Waals surface area contributed by atoms with Crippen LogP contribution in [-0.4, -0.2) is 11.6 Å². The van der Waals surface area contributed by atoms with Gasteiger partial charge in [0.1, 0.15) is 0 Å². The number of hydrogen-bond donors (Lipinski definition) is 0. The highest BCUT2D eigenvalue weighted by atomic mass is 16.1. The molecular weight excluding hydrogens is 368 g/mol. The van der Waals surface area contributed by atoms with Crippen molar-refractivity contribution in [3.8, 4) is 0 Å². The highest BCUT2D eigenvalue weighted by Gasteiger charge is 2.43. The van der Waals surface area contributed by atoms with Crippen LogP contribution < -0.4 is 0 Å². The van der Waals surface area contributed by atoms with Crippen LogP contribution in [0.2, 0.25) is 0 Å². The third kappa shape index (κ3) is 3.78. The summed E-state index contributed by atoms with van der Waals surface area (Å²) in [5, 5.41) is 0. The van der Waals surface area contributed by atoms with E-state index in [-0.39, 0.29) is 35.2 Å². The average molecular weight is 395 g/mol. The van der Waals surface area contributed by atoms with E-state index in [1.807, 2.05) is 78.9 Å². The van der Waals surface area contributed by atoms with Gasteiger partial charge in [0.2, 0.25) is 0 Å². The van der Waals surface area contributed by atoms with Crippen LogP contribution in [0.3, 0.4) is 0 Å². The Kier molecular flexibility index (Phi) is 5.76. The van der Waals surface area contributed by atoms with Gasteiger partial charge in [0.15, 0.2) is 11.6 Å². The minimum absolute atomic E-state index is 0.0442. The maximum absolute atomic E-state index is 13.7. The van der Waals surface area contributed by atoms with Crippen LogP contribution in [0.5, 0.6) is 0 Å². The fraction of sp³-hybridized carbons (Fsp3) is 0.214. The van der Waals surface area contributed by atoms with Crippen LogP contribution in [0.25, 0.3) is 5.57 Å². The van der Waals surface area contributed by atoms with Crippen molar-refractivity contribution in [1.29, 1.82) is 0 Å². The van der Waals surface area contributed by atoms with Gasteiger partial charge < -0.3 is 0 Å². The number of carbonyl (C=O) groups is 2. The standard InChI is InChI=1S/C28H26O2/c1-19-18-24(21-12-6-3-7-13-21)26(28(30)23-16-10-5-11-17-23)20(2)25(19)27(29)22-14-8-4-9-15-22/h3-20,25-26H,1-2H3/t19-,20-,25-,26+/m0/s1. The molecule has 4 rings (SSSR count). The molecule has 0 spiro atoms. The molecule has 0 bridgehead atoms. The van der Waals surface area contributed by atoms with Gasteiger partial charge in [-0.1, -0.05) is 111 Å². The summed E-state index contributed by atoms with van der Waals surface area (Å²) in [6.45, 7) is 4.15. The van der Waals surface area contributed by atoms with Crippen LogP contribution in [0.4, 0.5) is 0 Å². The Morgan fingerprint density at radius 3 is 1.63 bits per heavy atom. The molecule has 2 heteroatoms. The summed E-state index contributed by atoms with van der Waals surface area (Å²) in [5.74, 6) is -0.467. The van der Waals surface area contributed by atoms with E-state index in [0.29, 0.717) is 11.1 Å². The first-order chi connectivity index (χ1) is 14.6. The second kappa shape index (κ2) is 8.62. The quantitative estimate of drug-likeness (QED) is 0.472. The molecule has 0 saturated carbocycles. The van der Waals surface area contributed by atoms with E-state index in [1.54, 1.807) is 0 Å². The lowest BCUT2D eigenvalue weighted by Crippen LogP contribution is -2.39. The predicted molar refractivity (Wildman–Crippen MR) is 121 cm³/mol. The molecule has 1 aliphatic rings. The first kappa shape index (κ1) is 20.0. The molecule has 0 unspecified atom stereocenters. The van der Waals surface area contributed by atoms with E-state index in [0.717, 1.165) is 11.1 Å². The molecule has 3 aromatic carbocycles. The van der Waals surface area contributed by atoms with Crippen molar-refractivity contribution >= 4 is 17.1 Å². The minimum Gasteiger partial charge on any atom is -0.294 e. The average Bonchev–Trinajstić information content (AvgIpc) is 2.80. The lowest BCUT2D eigenvalue weighted by Gasteiger charge is -2.39. The molecule has 30 heavy (non-hydrogen) atoms. The van der Waals surface area contributed by atoms with Crippen molar-refractivity contribution in [2.24, 2.45) is 23.7 Å². The predicted octanol–water partition coefficient (Wildman–Crippen LogP) is 6.35. The Morgan fingerprint density at radius 2 is 1.10 bits per heavy atom. The molecule has 0 heterocycles. The lowest BCUT2D eigenvalue weighted by molar-refractivity contribution is 0.0756. The van der Waals surface area contributed by atoms with Gasteiger partial charge in [-0.3, -0.25) is 9.59 Å². The monoisotopic (exact) mass is 394 g/mol. The largest absolute Gasteiger partial charge is 0.294 e. The Bertz CT molecular complexity index is 1050. The molecule has 0 saturated heterocycles. The van der Waals surface area contributed by atoms with Crippen LogP contribution in [0.15, 0.2) is 97.1 Å². The lowest BCUT2D eigenvalue weighted by atomic mass is 9.63. The smallest absolute Gasteiger partial charge is 0.170 e. The zero-order valence-corrected chi connectivity index (χ0v) is 17.4. The van der Waals surface area contributed by atoms with Gasteiger partial charge in [-0.2, -0.15) is 0 Å². The zero-order valence-electron chi connectivity index (χ0n) is 17.4. The molecule has 4 atom stereocenters. The number of Topliss-reactive ketones (excluding diaryl/α,β-unsaturated/α-hetero) is 2. The van der Waals surface area contributed by atoms with E-state index in [4.69, 9.17) is 0 Å². The molecule has 0 aliphatic heterocycles. The van der Waals surface area contributed by atoms with Crippen LogP contribution >= 0.6 is 0 Å². The van der Waals surface area contributed by atoms with E-state index < -0.39 is 0 Å². The minimum atomic E-state index is -0.358. The van der Waals surface area contributed by atoms with Crippen molar-refractivity contribution in [2.75, 3.05) is 0 Å². The van der Waals surface area contributed by atoms with Gasteiger partial charge in [-0.25, -0.2) is 0 Å².